The molecule has 3 heterocycles. The summed E-state index contributed by atoms with van der Waals surface area (Å²) in [6.45, 7) is 0.440. The summed E-state index contributed by atoms with van der Waals surface area (Å²) in [6.07, 6.45) is 3.88. The molecule has 0 radical (unpaired) electrons. The molecule has 0 fully saturated rings. The molecule has 3 rings (SSSR count). The third-order valence-electron chi connectivity index (χ3n) is 3.03. The van der Waals surface area contributed by atoms with E-state index >= 15 is 0 Å². The summed E-state index contributed by atoms with van der Waals surface area (Å²) in [7, 11) is 3.50. The number of imidazole rings is 1. The zero-order valence-corrected chi connectivity index (χ0v) is 13.8. The Morgan fingerprint density at radius 2 is 2.14 bits per heavy atom. The summed E-state index contributed by atoms with van der Waals surface area (Å²) in [4.78, 5) is 13.7. The van der Waals surface area contributed by atoms with Gasteiger partial charge in [-0.25, -0.2) is 15.0 Å². The predicted octanol–water partition coefficient (Wildman–Crippen LogP) is 2.58. The third-order valence-corrected chi connectivity index (χ3v) is 4.16. The summed E-state index contributed by atoms with van der Waals surface area (Å²) in [6, 6.07) is 5.87. The number of pyridine rings is 1. The Kier molecular flexibility index (Phi) is 4.02. The van der Waals surface area contributed by atoms with Gasteiger partial charge in [0.15, 0.2) is 5.82 Å². The number of aromatic nitrogens is 4. The molecule has 0 aliphatic heterocycles. The molecule has 0 aliphatic rings. The molecule has 0 aromatic carbocycles. The minimum Gasteiger partial charge on any atom is -0.378 e. The van der Waals surface area contributed by atoms with Gasteiger partial charge in [-0.05, 0) is 34.7 Å². The van der Waals surface area contributed by atoms with Gasteiger partial charge in [0.05, 0.1) is 15.9 Å². The molecule has 0 amide bonds. The quantitative estimate of drug-likeness (QED) is 0.689. The van der Waals surface area contributed by atoms with Crippen molar-refractivity contribution in [2.45, 2.75) is 6.61 Å². The standard InChI is InChI=1S/C14H14IN5O/c1-16-14-12(15)10(8-21-2)18-13(19-14)9-7-20-6-4-3-5-11(20)17-9/h3-7H,8H2,1-2H3,(H,16,18,19). The van der Waals surface area contributed by atoms with Crippen molar-refractivity contribution < 1.29 is 4.74 Å². The molecular weight excluding hydrogens is 381 g/mol. The van der Waals surface area contributed by atoms with E-state index in [1.807, 2.05) is 42.0 Å². The first-order valence-electron chi connectivity index (χ1n) is 6.40. The Balaban J connectivity index is 2.14. The lowest BCUT2D eigenvalue weighted by molar-refractivity contribution is 0.181. The van der Waals surface area contributed by atoms with Crippen LogP contribution >= 0.6 is 22.6 Å². The van der Waals surface area contributed by atoms with E-state index in [4.69, 9.17) is 4.74 Å². The Morgan fingerprint density at radius 1 is 1.29 bits per heavy atom. The van der Waals surface area contributed by atoms with Crippen molar-refractivity contribution in [2.24, 2.45) is 0 Å². The van der Waals surface area contributed by atoms with Crippen molar-refractivity contribution >= 4 is 34.1 Å². The van der Waals surface area contributed by atoms with Gasteiger partial charge in [0.1, 0.15) is 17.2 Å². The number of ether oxygens (including phenoxy) is 1. The highest BCUT2D eigenvalue weighted by atomic mass is 127. The van der Waals surface area contributed by atoms with Crippen LogP contribution in [0.2, 0.25) is 0 Å². The second-order valence-corrected chi connectivity index (χ2v) is 5.51. The number of anilines is 1. The first-order valence-corrected chi connectivity index (χ1v) is 7.48. The largest absolute Gasteiger partial charge is 0.378 e. The van der Waals surface area contributed by atoms with Gasteiger partial charge in [0.25, 0.3) is 0 Å². The van der Waals surface area contributed by atoms with E-state index in [1.165, 1.54) is 0 Å². The second-order valence-electron chi connectivity index (χ2n) is 4.43. The molecule has 0 bridgehead atoms. The Morgan fingerprint density at radius 3 is 2.86 bits per heavy atom. The number of fused-ring (bicyclic) bond motifs is 1. The molecule has 3 aromatic rings. The minimum absolute atomic E-state index is 0.440. The fourth-order valence-electron chi connectivity index (χ4n) is 2.05. The zero-order valence-electron chi connectivity index (χ0n) is 11.7. The van der Waals surface area contributed by atoms with Crippen LogP contribution < -0.4 is 5.32 Å². The molecular formula is C14H14IN5O. The van der Waals surface area contributed by atoms with Crippen molar-refractivity contribution in [3.63, 3.8) is 0 Å². The number of methoxy groups -OCH3 is 1. The van der Waals surface area contributed by atoms with Crippen LogP contribution in [0.5, 0.6) is 0 Å². The highest BCUT2D eigenvalue weighted by molar-refractivity contribution is 14.1. The topological polar surface area (TPSA) is 64.3 Å². The predicted molar refractivity (Wildman–Crippen MR) is 89.2 cm³/mol. The van der Waals surface area contributed by atoms with Crippen LogP contribution in [0.25, 0.3) is 17.2 Å². The fourth-order valence-corrected chi connectivity index (χ4v) is 2.72. The van der Waals surface area contributed by atoms with E-state index in [9.17, 15) is 0 Å². The zero-order chi connectivity index (χ0) is 14.8. The molecule has 7 heteroatoms. The Labute approximate surface area is 135 Å². The normalized spacial score (nSPS) is 11.0. The molecule has 3 aromatic heterocycles. The lowest BCUT2D eigenvalue weighted by Gasteiger charge is -2.09. The summed E-state index contributed by atoms with van der Waals surface area (Å²) >= 11 is 2.22. The average Bonchev–Trinajstić information content (AvgIpc) is 2.93. The molecule has 0 unspecified atom stereocenters. The number of hydrogen-bond acceptors (Lipinski definition) is 5. The van der Waals surface area contributed by atoms with Crippen LogP contribution in [0.3, 0.4) is 0 Å². The molecule has 0 saturated carbocycles. The van der Waals surface area contributed by atoms with Crippen LogP contribution in [0.1, 0.15) is 5.69 Å². The molecule has 6 nitrogen and oxygen atoms in total. The maximum absolute atomic E-state index is 5.21. The first-order chi connectivity index (χ1) is 10.2. The molecule has 1 N–H and O–H groups in total. The van der Waals surface area contributed by atoms with Crippen molar-refractivity contribution in [1.29, 1.82) is 0 Å². The van der Waals surface area contributed by atoms with Gasteiger partial charge in [-0.1, -0.05) is 6.07 Å². The van der Waals surface area contributed by atoms with Crippen LogP contribution in [0, 0.1) is 3.57 Å². The van der Waals surface area contributed by atoms with E-state index in [0.717, 1.165) is 26.4 Å². The highest BCUT2D eigenvalue weighted by Crippen LogP contribution is 2.24. The van der Waals surface area contributed by atoms with Crippen molar-refractivity contribution in [3.05, 3.63) is 39.9 Å². The van der Waals surface area contributed by atoms with Gasteiger partial charge < -0.3 is 14.5 Å². The maximum Gasteiger partial charge on any atom is 0.182 e. The van der Waals surface area contributed by atoms with Crippen LogP contribution in [-0.2, 0) is 11.3 Å². The molecule has 0 saturated heterocycles. The summed E-state index contributed by atoms with van der Waals surface area (Å²) in [5.41, 5.74) is 2.46. The highest BCUT2D eigenvalue weighted by Gasteiger charge is 2.14. The minimum atomic E-state index is 0.440. The van der Waals surface area contributed by atoms with E-state index in [1.54, 1.807) is 7.11 Å². The number of nitrogens with one attached hydrogen (secondary N) is 1. The summed E-state index contributed by atoms with van der Waals surface area (Å²) in [5, 5.41) is 3.09. The molecule has 0 aliphatic carbocycles. The molecule has 21 heavy (non-hydrogen) atoms. The lowest BCUT2D eigenvalue weighted by atomic mass is 10.3. The second kappa shape index (κ2) is 5.94. The first kappa shape index (κ1) is 14.2. The molecule has 0 atom stereocenters. The molecule has 108 valence electrons. The Hall–Kier alpha value is -1.74. The van der Waals surface area contributed by atoms with Gasteiger partial charge in [-0.15, -0.1) is 0 Å². The van der Waals surface area contributed by atoms with E-state index in [-0.39, 0.29) is 0 Å². The van der Waals surface area contributed by atoms with E-state index in [0.29, 0.717) is 12.4 Å². The fraction of sp³-hybridized carbons (Fsp3) is 0.214. The maximum atomic E-state index is 5.21. The number of hydrogen-bond donors (Lipinski definition) is 1. The SMILES string of the molecule is CNc1nc(-c2cn3ccccc3n2)nc(COC)c1I. The number of rotatable bonds is 4. The number of nitrogens with zero attached hydrogens (tertiary/aromatic N) is 4. The smallest absolute Gasteiger partial charge is 0.182 e. The monoisotopic (exact) mass is 395 g/mol. The third kappa shape index (κ3) is 2.70. The van der Waals surface area contributed by atoms with Gasteiger partial charge in [-0.2, -0.15) is 0 Å². The number of halogens is 1. The van der Waals surface area contributed by atoms with Crippen molar-refractivity contribution in [2.75, 3.05) is 19.5 Å². The van der Waals surface area contributed by atoms with E-state index in [2.05, 4.69) is 42.9 Å². The average molecular weight is 395 g/mol. The lowest BCUT2D eigenvalue weighted by Crippen LogP contribution is -2.06. The van der Waals surface area contributed by atoms with Crippen molar-refractivity contribution in [3.8, 4) is 11.5 Å². The van der Waals surface area contributed by atoms with Gasteiger partial charge in [0.2, 0.25) is 0 Å². The van der Waals surface area contributed by atoms with Crippen molar-refractivity contribution in [1.82, 2.24) is 19.4 Å². The van der Waals surface area contributed by atoms with E-state index < -0.39 is 0 Å². The summed E-state index contributed by atoms with van der Waals surface area (Å²) < 4.78 is 8.12. The van der Waals surface area contributed by atoms with Crippen LogP contribution in [0.15, 0.2) is 30.6 Å². The van der Waals surface area contributed by atoms with Gasteiger partial charge >= 0.3 is 0 Å². The Bertz CT molecular complexity index is 753. The van der Waals surface area contributed by atoms with Crippen LogP contribution in [-0.4, -0.2) is 33.5 Å². The van der Waals surface area contributed by atoms with Gasteiger partial charge in [0, 0.05) is 26.6 Å². The van der Waals surface area contributed by atoms with Gasteiger partial charge in [-0.3, -0.25) is 0 Å². The molecule has 0 spiro atoms. The summed E-state index contributed by atoms with van der Waals surface area (Å²) in [5.74, 6) is 1.38. The van der Waals surface area contributed by atoms with Crippen LogP contribution in [0.4, 0.5) is 5.82 Å².